The lowest BCUT2D eigenvalue weighted by Crippen LogP contribution is -2.51. The quantitative estimate of drug-likeness (QED) is 0.794. The van der Waals surface area contributed by atoms with Crippen LogP contribution >= 0.6 is 24.8 Å². The fourth-order valence-electron chi connectivity index (χ4n) is 1.96. The van der Waals surface area contributed by atoms with Crippen molar-refractivity contribution in [1.29, 1.82) is 0 Å². The Morgan fingerprint density at radius 1 is 1.31 bits per heavy atom. The Labute approximate surface area is 110 Å². The van der Waals surface area contributed by atoms with Gasteiger partial charge < -0.3 is 15.3 Å². The van der Waals surface area contributed by atoms with Gasteiger partial charge in [0.1, 0.15) is 5.54 Å². The fourth-order valence-corrected chi connectivity index (χ4v) is 1.96. The summed E-state index contributed by atoms with van der Waals surface area (Å²) in [5.74, 6) is -0.686. The first-order valence-corrected chi connectivity index (χ1v) is 5.20. The second-order valence-electron chi connectivity index (χ2n) is 4.32. The average Bonchev–Trinajstić information content (AvgIpc) is 2.53. The number of nitrogens with one attached hydrogen (secondary N) is 1. The number of hydrogen-bond acceptors (Lipinski definition) is 3. The van der Waals surface area contributed by atoms with Crippen LogP contribution in [0, 0.1) is 0 Å². The molecule has 0 aromatic rings. The van der Waals surface area contributed by atoms with Gasteiger partial charge in [-0.25, -0.2) is 0 Å². The molecule has 0 aromatic heterocycles. The zero-order valence-electron chi connectivity index (χ0n) is 9.86. The molecule has 0 bridgehead atoms. The van der Waals surface area contributed by atoms with Crippen molar-refractivity contribution in [3.63, 3.8) is 0 Å². The van der Waals surface area contributed by atoms with E-state index in [-0.39, 0.29) is 24.8 Å². The Morgan fingerprint density at radius 3 is 2.19 bits per heavy atom. The molecule has 1 aliphatic carbocycles. The van der Waals surface area contributed by atoms with Crippen molar-refractivity contribution < 1.29 is 9.90 Å². The van der Waals surface area contributed by atoms with E-state index in [1.54, 1.807) is 0 Å². The molecule has 2 N–H and O–H groups in total. The lowest BCUT2D eigenvalue weighted by atomic mass is 9.98. The van der Waals surface area contributed by atoms with Gasteiger partial charge in [-0.1, -0.05) is 12.8 Å². The van der Waals surface area contributed by atoms with E-state index >= 15 is 0 Å². The van der Waals surface area contributed by atoms with Crippen LogP contribution in [0.4, 0.5) is 0 Å². The lowest BCUT2D eigenvalue weighted by molar-refractivity contribution is -0.144. The molecular weight excluding hydrogens is 251 g/mol. The van der Waals surface area contributed by atoms with Gasteiger partial charge in [-0.15, -0.1) is 24.8 Å². The number of rotatable bonds is 5. The molecule has 0 aliphatic heterocycles. The van der Waals surface area contributed by atoms with Gasteiger partial charge in [-0.2, -0.15) is 0 Å². The number of likely N-dealkylation sites (N-methyl/N-ethyl adjacent to an activating group) is 1. The van der Waals surface area contributed by atoms with Crippen molar-refractivity contribution in [2.75, 3.05) is 27.2 Å². The van der Waals surface area contributed by atoms with E-state index in [0.29, 0.717) is 0 Å². The number of aliphatic carboxylic acids is 1. The summed E-state index contributed by atoms with van der Waals surface area (Å²) in [7, 11) is 3.98. The van der Waals surface area contributed by atoms with Crippen molar-refractivity contribution in [2.24, 2.45) is 0 Å². The van der Waals surface area contributed by atoms with E-state index < -0.39 is 11.5 Å². The van der Waals surface area contributed by atoms with Crippen molar-refractivity contribution in [1.82, 2.24) is 10.2 Å². The zero-order valence-corrected chi connectivity index (χ0v) is 11.5. The molecule has 0 aromatic carbocycles. The van der Waals surface area contributed by atoms with Crippen LogP contribution in [0.1, 0.15) is 25.7 Å². The van der Waals surface area contributed by atoms with Crippen molar-refractivity contribution in [3.05, 3.63) is 0 Å². The van der Waals surface area contributed by atoms with Gasteiger partial charge in [0.2, 0.25) is 0 Å². The van der Waals surface area contributed by atoms with Crippen LogP contribution in [0.25, 0.3) is 0 Å². The zero-order chi connectivity index (χ0) is 10.6. The van der Waals surface area contributed by atoms with Gasteiger partial charge in [-0.05, 0) is 26.9 Å². The standard InChI is InChI=1S/C10H20N2O2.2ClH/c1-12(2)8-7-11-10(9(13)14)5-3-4-6-10;;/h11H,3-8H2,1-2H3,(H,13,14);2*1H. The van der Waals surface area contributed by atoms with Crippen LogP contribution in [-0.2, 0) is 4.79 Å². The lowest BCUT2D eigenvalue weighted by Gasteiger charge is -2.26. The molecule has 6 heteroatoms. The van der Waals surface area contributed by atoms with E-state index in [1.165, 1.54) is 0 Å². The highest BCUT2D eigenvalue weighted by Crippen LogP contribution is 2.29. The molecule has 0 atom stereocenters. The van der Waals surface area contributed by atoms with Gasteiger partial charge in [0.25, 0.3) is 0 Å². The van der Waals surface area contributed by atoms with Crippen LogP contribution in [0.15, 0.2) is 0 Å². The number of halogens is 2. The maximum atomic E-state index is 11.1. The van der Waals surface area contributed by atoms with Gasteiger partial charge in [-0.3, -0.25) is 4.79 Å². The van der Waals surface area contributed by atoms with Gasteiger partial charge in [0.15, 0.2) is 0 Å². The van der Waals surface area contributed by atoms with Gasteiger partial charge in [0.05, 0.1) is 0 Å². The van der Waals surface area contributed by atoms with E-state index in [4.69, 9.17) is 5.11 Å². The van der Waals surface area contributed by atoms with Gasteiger partial charge in [0, 0.05) is 13.1 Å². The summed E-state index contributed by atoms with van der Waals surface area (Å²) in [6.07, 6.45) is 3.61. The van der Waals surface area contributed by atoms with Crippen LogP contribution in [0.5, 0.6) is 0 Å². The highest BCUT2D eigenvalue weighted by molar-refractivity contribution is 5.85. The third-order valence-corrected chi connectivity index (χ3v) is 2.89. The molecule has 1 saturated carbocycles. The van der Waals surface area contributed by atoms with E-state index in [0.717, 1.165) is 38.8 Å². The predicted molar refractivity (Wildman–Crippen MR) is 69.9 cm³/mol. The number of carboxylic acids is 1. The van der Waals surface area contributed by atoms with Crippen LogP contribution in [0.2, 0.25) is 0 Å². The van der Waals surface area contributed by atoms with E-state index in [1.807, 2.05) is 14.1 Å². The third kappa shape index (κ3) is 4.87. The minimum Gasteiger partial charge on any atom is -0.480 e. The fraction of sp³-hybridized carbons (Fsp3) is 0.900. The van der Waals surface area contributed by atoms with Crippen LogP contribution < -0.4 is 5.32 Å². The summed E-state index contributed by atoms with van der Waals surface area (Å²) >= 11 is 0. The Morgan fingerprint density at radius 2 is 1.81 bits per heavy atom. The molecule has 0 heterocycles. The first kappa shape index (κ1) is 18.3. The highest BCUT2D eigenvalue weighted by Gasteiger charge is 2.40. The molecule has 16 heavy (non-hydrogen) atoms. The normalized spacial score (nSPS) is 17.7. The predicted octanol–water partition coefficient (Wildman–Crippen LogP) is 1.38. The summed E-state index contributed by atoms with van der Waals surface area (Å²) < 4.78 is 0. The molecule has 0 spiro atoms. The number of hydrogen-bond donors (Lipinski definition) is 2. The van der Waals surface area contributed by atoms with Crippen molar-refractivity contribution >= 4 is 30.8 Å². The van der Waals surface area contributed by atoms with Gasteiger partial charge >= 0.3 is 5.97 Å². The summed E-state index contributed by atoms with van der Waals surface area (Å²) in [5.41, 5.74) is -0.629. The molecule has 98 valence electrons. The molecule has 0 radical (unpaired) electrons. The Balaban J connectivity index is 0. The molecule has 1 fully saturated rings. The molecular formula is C10H22Cl2N2O2. The minimum atomic E-state index is -0.686. The summed E-state index contributed by atoms with van der Waals surface area (Å²) in [6.45, 7) is 1.63. The number of carboxylic acid groups (broad SMARTS) is 1. The maximum Gasteiger partial charge on any atom is 0.323 e. The first-order chi connectivity index (χ1) is 6.57. The number of nitrogens with zero attached hydrogens (tertiary/aromatic N) is 1. The summed E-state index contributed by atoms with van der Waals surface area (Å²) in [6, 6.07) is 0. The smallest absolute Gasteiger partial charge is 0.323 e. The third-order valence-electron chi connectivity index (χ3n) is 2.89. The second-order valence-corrected chi connectivity index (χ2v) is 4.32. The Kier molecular flexibility index (Phi) is 9.30. The molecule has 4 nitrogen and oxygen atoms in total. The van der Waals surface area contributed by atoms with E-state index in [9.17, 15) is 4.79 Å². The molecule has 0 amide bonds. The van der Waals surface area contributed by atoms with E-state index in [2.05, 4.69) is 10.2 Å². The first-order valence-electron chi connectivity index (χ1n) is 5.20. The SMILES string of the molecule is CN(C)CCNC1(C(=O)O)CCCC1.Cl.Cl. The van der Waals surface area contributed by atoms with Crippen molar-refractivity contribution in [3.8, 4) is 0 Å². The topological polar surface area (TPSA) is 52.6 Å². The second kappa shape index (κ2) is 8.12. The van der Waals surface area contributed by atoms with Crippen LogP contribution in [0.3, 0.4) is 0 Å². The molecule has 1 rings (SSSR count). The minimum absolute atomic E-state index is 0. The number of carbonyl (C=O) groups is 1. The Bertz CT molecular complexity index is 207. The Hall–Kier alpha value is -0.0300. The summed E-state index contributed by atoms with van der Waals surface area (Å²) in [4.78, 5) is 13.2. The molecule has 0 saturated heterocycles. The maximum absolute atomic E-state index is 11.1. The molecule has 1 aliphatic rings. The summed E-state index contributed by atoms with van der Waals surface area (Å²) in [5, 5.41) is 12.3. The largest absolute Gasteiger partial charge is 0.480 e. The highest BCUT2D eigenvalue weighted by atomic mass is 35.5. The average molecular weight is 273 g/mol. The monoisotopic (exact) mass is 272 g/mol. The van der Waals surface area contributed by atoms with Crippen LogP contribution in [-0.4, -0.2) is 48.7 Å². The molecule has 0 unspecified atom stereocenters. The van der Waals surface area contributed by atoms with Crippen molar-refractivity contribution in [2.45, 2.75) is 31.2 Å².